The van der Waals surface area contributed by atoms with Crippen LogP contribution in [0.1, 0.15) is 38.9 Å². The summed E-state index contributed by atoms with van der Waals surface area (Å²) in [5.41, 5.74) is 7.99. The molecule has 0 amide bonds. The Hall–Kier alpha value is -6.12. The third-order valence-electron chi connectivity index (χ3n) is 9.03. The number of nitriles is 2. The minimum absolute atomic E-state index is 0.0214. The fraction of sp³-hybridized carbons (Fsp3) is 0.214. The number of rotatable bonds is 16. The van der Waals surface area contributed by atoms with Crippen LogP contribution in [-0.4, -0.2) is 50.9 Å². The number of pyridine rings is 2. The minimum Gasteiger partial charge on any atom is -0.488 e. The lowest BCUT2D eigenvalue weighted by atomic mass is 9.89. The van der Waals surface area contributed by atoms with Crippen LogP contribution in [0.4, 0.5) is 0 Å². The van der Waals surface area contributed by atoms with E-state index in [0.29, 0.717) is 64.1 Å². The highest BCUT2D eigenvalue weighted by molar-refractivity contribution is 6.32. The largest absolute Gasteiger partial charge is 0.488 e. The molecular formula is C42H38ClN7O5. The van der Waals surface area contributed by atoms with Crippen LogP contribution in [0.15, 0.2) is 96.3 Å². The maximum Gasteiger partial charge on any atom is 0.262 e. The molecule has 6 rings (SSSR count). The fourth-order valence-corrected chi connectivity index (χ4v) is 6.42. The smallest absolute Gasteiger partial charge is 0.262 e. The van der Waals surface area contributed by atoms with Gasteiger partial charge in [-0.05, 0) is 53.4 Å². The Morgan fingerprint density at radius 1 is 0.800 bits per heavy atom. The molecular weight excluding hydrogens is 718 g/mol. The highest BCUT2D eigenvalue weighted by atomic mass is 35.5. The molecule has 0 unspecified atom stereocenters. The second kappa shape index (κ2) is 18.3. The van der Waals surface area contributed by atoms with Crippen LogP contribution < -0.4 is 25.7 Å². The first-order chi connectivity index (χ1) is 26.8. The molecule has 6 aromatic rings. The first-order valence-corrected chi connectivity index (χ1v) is 17.9. The molecule has 0 aliphatic carbocycles. The molecule has 0 spiro atoms. The number of nitrogens with zero attached hydrogens (tertiary/aromatic N) is 5. The summed E-state index contributed by atoms with van der Waals surface area (Å²) in [4.78, 5) is 21.7. The molecule has 3 aromatic heterocycles. The van der Waals surface area contributed by atoms with Gasteiger partial charge in [0.05, 0.1) is 29.4 Å². The second-order valence-electron chi connectivity index (χ2n) is 12.6. The van der Waals surface area contributed by atoms with Gasteiger partial charge in [0.1, 0.15) is 42.5 Å². The summed E-state index contributed by atoms with van der Waals surface area (Å²) in [7, 11) is 0. The quantitative estimate of drug-likeness (QED) is 0.0924. The van der Waals surface area contributed by atoms with Crippen molar-refractivity contribution in [3.63, 3.8) is 0 Å². The van der Waals surface area contributed by atoms with E-state index in [1.165, 1.54) is 16.8 Å². The Bertz CT molecular complexity index is 2470. The van der Waals surface area contributed by atoms with E-state index in [2.05, 4.69) is 32.7 Å². The third kappa shape index (κ3) is 8.99. The maximum absolute atomic E-state index is 13.1. The van der Waals surface area contributed by atoms with E-state index in [9.17, 15) is 20.4 Å². The minimum atomic E-state index is -0.207. The molecule has 0 aliphatic rings. The Morgan fingerprint density at radius 2 is 1.53 bits per heavy atom. The molecule has 0 atom stereocenters. The van der Waals surface area contributed by atoms with Crippen LogP contribution in [0, 0.1) is 29.6 Å². The summed E-state index contributed by atoms with van der Waals surface area (Å²) in [5, 5.41) is 44.6. The number of ether oxygens (including phenoxy) is 2. The molecule has 278 valence electrons. The molecule has 0 radical (unpaired) electrons. The molecule has 4 N–H and O–H groups in total. The van der Waals surface area contributed by atoms with Gasteiger partial charge in [0.15, 0.2) is 0 Å². The number of benzene rings is 3. The zero-order chi connectivity index (χ0) is 38.7. The Kier molecular flexibility index (Phi) is 12.8. The summed E-state index contributed by atoms with van der Waals surface area (Å²) in [6.45, 7) is 3.72. The van der Waals surface area contributed by atoms with Crippen molar-refractivity contribution in [1.29, 1.82) is 10.5 Å². The molecule has 3 aromatic carbocycles. The van der Waals surface area contributed by atoms with Crippen LogP contribution in [0.25, 0.3) is 27.9 Å². The van der Waals surface area contributed by atoms with E-state index in [1.807, 2.05) is 43.3 Å². The topological polar surface area (TPSA) is 178 Å². The molecule has 3 heterocycles. The molecule has 13 heteroatoms. The van der Waals surface area contributed by atoms with Crippen LogP contribution in [0.2, 0.25) is 5.02 Å². The Labute approximate surface area is 322 Å². The highest BCUT2D eigenvalue weighted by Crippen LogP contribution is 2.37. The fourth-order valence-electron chi connectivity index (χ4n) is 6.18. The second-order valence-corrected chi connectivity index (χ2v) is 13.0. The number of nitrogens with one attached hydrogen (secondary N) is 2. The lowest BCUT2D eigenvalue weighted by Crippen LogP contribution is -2.26. The average molecular weight is 756 g/mol. The summed E-state index contributed by atoms with van der Waals surface area (Å²) in [6, 6.07) is 24.8. The molecule has 0 aliphatic heterocycles. The summed E-state index contributed by atoms with van der Waals surface area (Å²) in [5.74, 6) is 0.936. The van der Waals surface area contributed by atoms with Gasteiger partial charge in [-0.15, -0.1) is 0 Å². The zero-order valence-corrected chi connectivity index (χ0v) is 30.8. The van der Waals surface area contributed by atoms with Gasteiger partial charge < -0.3 is 30.3 Å². The SMILES string of the molecule is Cc1c(COc2cc(OCc3cncc(C#N)c3)c(CNCCO)cc2Cl)cccc1-c1cccc(-c2ccn3c(=O)c(CNCCO)cnc3c2)c1C#N. The molecule has 0 saturated carbocycles. The summed E-state index contributed by atoms with van der Waals surface area (Å²) < 4.78 is 13.9. The number of hydrogen-bond donors (Lipinski definition) is 4. The van der Waals surface area contributed by atoms with Crippen molar-refractivity contribution in [2.75, 3.05) is 26.3 Å². The number of aromatic nitrogens is 3. The van der Waals surface area contributed by atoms with Gasteiger partial charge >= 0.3 is 0 Å². The standard InChI is InChI=1S/C42H38ClN7O5/c1-27-31(26-55-40-17-39(32(15-38(40)43)22-46-9-12-51)54-25-29-14-28(18-44)20-48-21-29)4-2-5-34(27)36-7-3-6-35(37(36)19-45)30-8-11-50-41(16-30)49-24-33(42(50)53)23-47-10-13-52/h2-8,11,14-17,20-21,24,46-47,51-52H,9-10,12-13,22-23,25-26H2,1H3. The third-order valence-corrected chi connectivity index (χ3v) is 9.32. The van der Waals surface area contributed by atoms with Gasteiger partial charge in [0.25, 0.3) is 5.56 Å². The van der Waals surface area contributed by atoms with Gasteiger partial charge in [-0.3, -0.25) is 14.2 Å². The molecule has 55 heavy (non-hydrogen) atoms. The van der Waals surface area contributed by atoms with Gasteiger partial charge in [0, 0.05) is 84.9 Å². The van der Waals surface area contributed by atoms with Crippen molar-refractivity contribution in [3.05, 3.63) is 146 Å². The number of aliphatic hydroxyl groups is 2. The monoisotopic (exact) mass is 755 g/mol. The van der Waals surface area contributed by atoms with Crippen molar-refractivity contribution in [1.82, 2.24) is 25.0 Å². The zero-order valence-electron chi connectivity index (χ0n) is 30.1. The van der Waals surface area contributed by atoms with E-state index in [-0.39, 0.29) is 38.5 Å². The van der Waals surface area contributed by atoms with Crippen LogP contribution in [0.3, 0.4) is 0 Å². The predicted octanol–water partition coefficient (Wildman–Crippen LogP) is 5.45. The van der Waals surface area contributed by atoms with Crippen molar-refractivity contribution >= 4 is 17.2 Å². The lowest BCUT2D eigenvalue weighted by Gasteiger charge is -2.18. The molecule has 0 fully saturated rings. The highest BCUT2D eigenvalue weighted by Gasteiger charge is 2.17. The van der Waals surface area contributed by atoms with E-state index in [1.54, 1.807) is 42.7 Å². The molecule has 0 bridgehead atoms. The van der Waals surface area contributed by atoms with E-state index >= 15 is 0 Å². The predicted molar refractivity (Wildman–Crippen MR) is 208 cm³/mol. The van der Waals surface area contributed by atoms with Crippen LogP contribution in [-0.2, 0) is 26.3 Å². The number of aliphatic hydroxyl groups excluding tert-OH is 2. The normalized spacial score (nSPS) is 10.9. The van der Waals surface area contributed by atoms with Crippen LogP contribution in [0.5, 0.6) is 11.5 Å². The summed E-state index contributed by atoms with van der Waals surface area (Å²) in [6.07, 6.45) is 6.32. The first-order valence-electron chi connectivity index (χ1n) is 17.5. The van der Waals surface area contributed by atoms with Crippen molar-refractivity contribution in [3.8, 4) is 45.9 Å². The van der Waals surface area contributed by atoms with Crippen LogP contribution >= 0.6 is 11.6 Å². The first kappa shape index (κ1) is 38.6. The Morgan fingerprint density at radius 3 is 2.29 bits per heavy atom. The number of fused-ring (bicyclic) bond motifs is 1. The Balaban J connectivity index is 1.26. The van der Waals surface area contributed by atoms with Gasteiger partial charge in [0.2, 0.25) is 0 Å². The molecule has 0 saturated heterocycles. The number of halogens is 1. The van der Waals surface area contributed by atoms with E-state index in [4.69, 9.17) is 26.2 Å². The van der Waals surface area contributed by atoms with Crippen molar-refractivity contribution in [2.24, 2.45) is 0 Å². The van der Waals surface area contributed by atoms with E-state index in [0.717, 1.165) is 38.9 Å². The summed E-state index contributed by atoms with van der Waals surface area (Å²) >= 11 is 6.72. The van der Waals surface area contributed by atoms with Crippen molar-refractivity contribution in [2.45, 2.75) is 33.2 Å². The van der Waals surface area contributed by atoms with Gasteiger partial charge in [-0.1, -0.05) is 48.0 Å². The van der Waals surface area contributed by atoms with Gasteiger partial charge in [-0.25, -0.2) is 4.98 Å². The maximum atomic E-state index is 13.1. The number of hydrogen-bond acceptors (Lipinski definition) is 11. The van der Waals surface area contributed by atoms with E-state index < -0.39 is 0 Å². The van der Waals surface area contributed by atoms with Gasteiger partial charge in [-0.2, -0.15) is 10.5 Å². The lowest BCUT2D eigenvalue weighted by molar-refractivity contribution is 0.282. The van der Waals surface area contributed by atoms with Crippen molar-refractivity contribution < 1.29 is 19.7 Å². The molecule has 12 nitrogen and oxygen atoms in total. The average Bonchev–Trinajstić information content (AvgIpc) is 3.21.